The number of aryl methyl sites for hydroxylation is 1. The van der Waals surface area contributed by atoms with Crippen LogP contribution in [0.25, 0.3) is 10.9 Å². The first-order valence-corrected chi connectivity index (χ1v) is 9.97. The number of nitrogens with one attached hydrogen (secondary N) is 3. The molecule has 0 spiro atoms. The fourth-order valence-electron chi connectivity index (χ4n) is 2.88. The van der Waals surface area contributed by atoms with Crippen molar-refractivity contribution in [1.29, 1.82) is 0 Å². The fourth-order valence-corrected chi connectivity index (χ4v) is 3.22. The Hall–Kier alpha value is -3.39. The Morgan fingerprint density at radius 2 is 1.90 bits per heavy atom. The van der Waals surface area contributed by atoms with E-state index in [2.05, 4.69) is 36.8 Å². The maximum atomic E-state index is 14.0. The number of aromatic amines is 1. The van der Waals surface area contributed by atoms with Gasteiger partial charge < -0.3 is 10.1 Å². The molecule has 0 aliphatic heterocycles. The Bertz CT molecular complexity index is 1210. The van der Waals surface area contributed by atoms with Crippen molar-refractivity contribution in [2.75, 3.05) is 10.6 Å². The molecule has 1 aromatic heterocycles. The predicted octanol–water partition coefficient (Wildman–Crippen LogP) is 6.00. The summed E-state index contributed by atoms with van der Waals surface area (Å²) in [7, 11) is 0. The van der Waals surface area contributed by atoms with Crippen molar-refractivity contribution < 1.29 is 13.9 Å². The Labute approximate surface area is 180 Å². The summed E-state index contributed by atoms with van der Waals surface area (Å²) in [5.74, 6) is 0.562. The number of nitrogens with zero attached hydrogens (tertiary/aromatic N) is 1. The number of amides is 2. The number of anilines is 2. The highest BCUT2D eigenvalue weighted by atomic mass is 79.9. The van der Waals surface area contributed by atoms with Crippen LogP contribution < -0.4 is 15.4 Å². The predicted molar refractivity (Wildman–Crippen MR) is 118 cm³/mol. The summed E-state index contributed by atoms with van der Waals surface area (Å²) < 4.78 is 20.4. The number of ether oxygens (including phenoxy) is 1. The molecule has 0 radical (unpaired) electrons. The van der Waals surface area contributed by atoms with Crippen LogP contribution in [0.3, 0.4) is 0 Å². The third kappa shape index (κ3) is 4.60. The number of H-pyrrole nitrogens is 1. The molecule has 1 heterocycles. The highest BCUT2D eigenvalue weighted by Gasteiger charge is 2.11. The lowest BCUT2D eigenvalue weighted by Crippen LogP contribution is -2.19. The standard InChI is InChI=1S/C22H18BrFN4O2/c1-13-2-6-16(7-3-13)25-22(29)26-21-18-11-17(8-9-20(18)27-28-21)30-12-14-4-5-15(23)10-19(14)24/h2-11H,12H2,1H3,(H3,25,26,27,28,29). The van der Waals surface area contributed by atoms with Crippen LogP contribution in [-0.4, -0.2) is 16.2 Å². The van der Waals surface area contributed by atoms with Gasteiger partial charge in [0, 0.05) is 21.1 Å². The Kier molecular flexibility index (Phi) is 5.67. The van der Waals surface area contributed by atoms with Gasteiger partial charge in [0.05, 0.1) is 5.52 Å². The van der Waals surface area contributed by atoms with Crippen molar-refractivity contribution in [3.63, 3.8) is 0 Å². The van der Waals surface area contributed by atoms with Gasteiger partial charge in [-0.1, -0.05) is 39.7 Å². The Morgan fingerprint density at radius 3 is 2.67 bits per heavy atom. The van der Waals surface area contributed by atoms with Crippen LogP contribution in [-0.2, 0) is 6.61 Å². The maximum Gasteiger partial charge on any atom is 0.324 e. The largest absolute Gasteiger partial charge is 0.489 e. The number of carbonyl (C=O) groups is 1. The molecule has 0 unspecified atom stereocenters. The SMILES string of the molecule is Cc1ccc(NC(=O)Nc2n[nH]c3ccc(OCc4ccc(Br)cc4F)cc23)cc1. The number of hydrogen-bond donors (Lipinski definition) is 3. The molecule has 0 atom stereocenters. The second-order valence-electron chi connectivity index (χ2n) is 6.75. The number of rotatable bonds is 5. The molecule has 4 aromatic rings. The topological polar surface area (TPSA) is 79.0 Å². The molecule has 0 saturated heterocycles. The minimum Gasteiger partial charge on any atom is -0.489 e. The lowest BCUT2D eigenvalue weighted by molar-refractivity contribution is 0.262. The lowest BCUT2D eigenvalue weighted by atomic mass is 10.2. The van der Waals surface area contributed by atoms with E-state index in [-0.39, 0.29) is 12.4 Å². The molecular weight excluding hydrogens is 451 g/mol. The van der Waals surface area contributed by atoms with Crippen molar-refractivity contribution >= 4 is 44.4 Å². The van der Waals surface area contributed by atoms with Crippen LogP contribution in [0.4, 0.5) is 20.7 Å². The van der Waals surface area contributed by atoms with E-state index in [1.54, 1.807) is 30.3 Å². The maximum absolute atomic E-state index is 14.0. The second kappa shape index (κ2) is 8.54. The van der Waals surface area contributed by atoms with Crippen LogP contribution in [0.1, 0.15) is 11.1 Å². The molecular formula is C22H18BrFN4O2. The molecule has 30 heavy (non-hydrogen) atoms. The monoisotopic (exact) mass is 468 g/mol. The van der Waals surface area contributed by atoms with Gasteiger partial charge in [0.15, 0.2) is 5.82 Å². The summed E-state index contributed by atoms with van der Waals surface area (Å²) in [5, 5.41) is 13.2. The molecule has 0 bridgehead atoms. The van der Waals surface area contributed by atoms with Gasteiger partial charge in [-0.05, 0) is 49.4 Å². The normalized spacial score (nSPS) is 10.8. The van der Waals surface area contributed by atoms with Crippen LogP contribution in [0, 0.1) is 12.7 Å². The molecule has 3 N–H and O–H groups in total. The quantitative estimate of drug-likeness (QED) is 0.336. The number of hydrogen-bond acceptors (Lipinski definition) is 3. The molecule has 2 amide bonds. The zero-order valence-corrected chi connectivity index (χ0v) is 17.6. The van der Waals surface area contributed by atoms with Gasteiger partial charge in [-0.15, -0.1) is 0 Å². The summed E-state index contributed by atoms with van der Waals surface area (Å²) in [5.41, 5.74) is 2.97. The van der Waals surface area contributed by atoms with E-state index in [9.17, 15) is 9.18 Å². The molecule has 6 nitrogen and oxygen atoms in total. The average Bonchev–Trinajstić information content (AvgIpc) is 3.11. The Morgan fingerprint density at radius 1 is 1.10 bits per heavy atom. The highest BCUT2D eigenvalue weighted by Crippen LogP contribution is 2.26. The van der Waals surface area contributed by atoms with E-state index in [0.29, 0.717) is 32.7 Å². The lowest BCUT2D eigenvalue weighted by Gasteiger charge is -2.09. The fraction of sp³-hybridized carbons (Fsp3) is 0.0909. The number of fused-ring (bicyclic) bond motifs is 1. The first kappa shape index (κ1) is 19.9. The third-order valence-electron chi connectivity index (χ3n) is 4.49. The molecule has 3 aromatic carbocycles. The van der Waals surface area contributed by atoms with Gasteiger partial charge in [0.25, 0.3) is 0 Å². The van der Waals surface area contributed by atoms with Crippen molar-refractivity contribution in [1.82, 2.24) is 10.2 Å². The molecule has 4 rings (SSSR count). The Balaban J connectivity index is 1.46. The molecule has 0 aliphatic rings. The van der Waals surface area contributed by atoms with Gasteiger partial charge in [-0.25, -0.2) is 9.18 Å². The van der Waals surface area contributed by atoms with E-state index in [1.807, 2.05) is 31.2 Å². The van der Waals surface area contributed by atoms with Gasteiger partial charge in [0.2, 0.25) is 0 Å². The number of urea groups is 1. The summed E-state index contributed by atoms with van der Waals surface area (Å²) >= 11 is 3.24. The van der Waals surface area contributed by atoms with Crippen LogP contribution in [0.15, 0.2) is 65.1 Å². The van der Waals surface area contributed by atoms with Crippen LogP contribution in [0.2, 0.25) is 0 Å². The third-order valence-corrected chi connectivity index (χ3v) is 4.98. The van der Waals surface area contributed by atoms with E-state index in [0.717, 1.165) is 11.1 Å². The van der Waals surface area contributed by atoms with E-state index >= 15 is 0 Å². The second-order valence-corrected chi connectivity index (χ2v) is 7.66. The zero-order chi connectivity index (χ0) is 21.1. The first-order chi connectivity index (χ1) is 14.5. The van der Waals surface area contributed by atoms with Gasteiger partial charge in [-0.2, -0.15) is 5.10 Å². The summed E-state index contributed by atoms with van der Waals surface area (Å²) in [6.07, 6.45) is 0. The molecule has 0 aliphatic carbocycles. The minimum absolute atomic E-state index is 0.0825. The zero-order valence-electron chi connectivity index (χ0n) is 16.0. The molecule has 8 heteroatoms. The summed E-state index contributed by atoms with van der Waals surface area (Å²) in [6.45, 7) is 2.06. The molecule has 0 saturated carbocycles. The average molecular weight is 469 g/mol. The van der Waals surface area contributed by atoms with E-state index in [4.69, 9.17) is 4.74 Å². The highest BCUT2D eigenvalue weighted by molar-refractivity contribution is 9.10. The first-order valence-electron chi connectivity index (χ1n) is 9.17. The smallest absolute Gasteiger partial charge is 0.324 e. The van der Waals surface area contributed by atoms with Gasteiger partial charge >= 0.3 is 6.03 Å². The number of aromatic nitrogens is 2. The number of halogens is 2. The van der Waals surface area contributed by atoms with Crippen molar-refractivity contribution in [2.24, 2.45) is 0 Å². The van der Waals surface area contributed by atoms with Crippen molar-refractivity contribution in [3.05, 3.63) is 82.1 Å². The van der Waals surface area contributed by atoms with Crippen LogP contribution >= 0.6 is 15.9 Å². The minimum atomic E-state index is -0.407. The summed E-state index contributed by atoms with van der Waals surface area (Å²) in [6, 6.07) is 17.2. The van der Waals surface area contributed by atoms with Gasteiger partial charge in [-0.3, -0.25) is 10.4 Å². The number of benzene rings is 3. The summed E-state index contributed by atoms with van der Waals surface area (Å²) in [4.78, 5) is 12.3. The molecule has 152 valence electrons. The number of carbonyl (C=O) groups excluding carboxylic acids is 1. The van der Waals surface area contributed by atoms with Crippen molar-refractivity contribution in [3.8, 4) is 5.75 Å². The van der Waals surface area contributed by atoms with Gasteiger partial charge in [0.1, 0.15) is 18.2 Å². The van der Waals surface area contributed by atoms with E-state index in [1.165, 1.54) is 6.07 Å². The molecule has 0 fully saturated rings. The van der Waals surface area contributed by atoms with E-state index < -0.39 is 6.03 Å². The van der Waals surface area contributed by atoms with Crippen molar-refractivity contribution in [2.45, 2.75) is 13.5 Å². The van der Waals surface area contributed by atoms with Crippen LogP contribution in [0.5, 0.6) is 5.75 Å².